The highest BCUT2D eigenvalue weighted by Crippen LogP contribution is 2.38. The van der Waals surface area contributed by atoms with E-state index in [0.717, 1.165) is 37.8 Å². The van der Waals surface area contributed by atoms with E-state index in [2.05, 4.69) is 20.9 Å². The summed E-state index contributed by atoms with van der Waals surface area (Å²) in [5, 5.41) is 10.9. The second-order valence-electron chi connectivity index (χ2n) is 6.87. The largest absolute Gasteiger partial charge is 0.474 e. The van der Waals surface area contributed by atoms with E-state index in [-0.39, 0.29) is 12.0 Å². The first-order valence-electron chi connectivity index (χ1n) is 8.86. The van der Waals surface area contributed by atoms with Crippen molar-refractivity contribution in [2.24, 2.45) is 5.92 Å². The lowest BCUT2D eigenvalue weighted by atomic mass is 9.83. The Hall–Kier alpha value is -2.16. The van der Waals surface area contributed by atoms with Gasteiger partial charge in [-0.05, 0) is 71.6 Å². The Balaban J connectivity index is 1.61. The van der Waals surface area contributed by atoms with Crippen LogP contribution in [0, 0.1) is 16.0 Å². The van der Waals surface area contributed by atoms with Gasteiger partial charge in [0.15, 0.2) is 0 Å². The standard InChI is InChI=1S/C19H18BrF3N2O3/c20-17-2-1-3-18(24-17)28-14-7-4-12(5-8-14)10-13-6-9-16(25(26)27)15(11-13)19(21,22)23/h1-3,6,9,11-12,14H,4-5,7-8,10H2. The van der Waals surface area contributed by atoms with Crippen LogP contribution in [0.2, 0.25) is 0 Å². The summed E-state index contributed by atoms with van der Waals surface area (Å²) in [5.74, 6) is 0.765. The molecule has 0 bridgehead atoms. The van der Waals surface area contributed by atoms with Gasteiger partial charge in [0.05, 0.1) is 4.92 Å². The summed E-state index contributed by atoms with van der Waals surface area (Å²) in [6, 6.07) is 8.71. The number of rotatable bonds is 5. The highest BCUT2D eigenvalue weighted by Gasteiger charge is 2.38. The van der Waals surface area contributed by atoms with E-state index in [1.807, 2.05) is 12.1 Å². The van der Waals surface area contributed by atoms with E-state index in [9.17, 15) is 23.3 Å². The fourth-order valence-corrected chi connectivity index (χ4v) is 3.84. The number of pyridine rings is 1. The fourth-order valence-electron chi connectivity index (χ4n) is 3.51. The Kier molecular flexibility index (Phi) is 6.22. The van der Waals surface area contributed by atoms with Crippen molar-refractivity contribution in [1.29, 1.82) is 0 Å². The average molecular weight is 459 g/mol. The van der Waals surface area contributed by atoms with Crippen LogP contribution >= 0.6 is 15.9 Å². The second kappa shape index (κ2) is 8.46. The quantitative estimate of drug-likeness (QED) is 0.315. The molecule has 0 amide bonds. The molecule has 3 rings (SSSR count). The minimum atomic E-state index is -4.75. The van der Waals surface area contributed by atoms with Gasteiger partial charge >= 0.3 is 6.18 Å². The molecule has 150 valence electrons. The number of nitro groups is 1. The van der Waals surface area contributed by atoms with Gasteiger partial charge in [-0.1, -0.05) is 12.1 Å². The van der Waals surface area contributed by atoms with Gasteiger partial charge in [0.2, 0.25) is 5.88 Å². The molecule has 1 aliphatic carbocycles. The number of ether oxygens (including phenoxy) is 1. The van der Waals surface area contributed by atoms with E-state index in [4.69, 9.17) is 4.74 Å². The predicted octanol–water partition coefficient (Wildman–Crippen LogP) is 5.95. The Bertz CT molecular complexity index is 853. The molecule has 1 aromatic heterocycles. The molecule has 1 fully saturated rings. The van der Waals surface area contributed by atoms with E-state index in [1.165, 1.54) is 6.07 Å². The van der Waals surface area contributed by atoms with Gasteiger partial charge in [0, 0.05) is 12.1 Å². The third-order valence-corrected chi connectivity index (χ3v) is 5.30. The first-order chi connectivity index (χ1) is 13.2. The molecule has 0 atom stereocenters. The SMILES string of the molecule is O=[N+]([O-])c1ccc(CC2CCC(Oc3cccc(Br)n3)CC2)cc1C(F)(F)F. The van der Waals surface area contributed by atoms with Crippen molar-refractivity contribution in [3.63, 3.8) is 0 Å². The van der Waals surface area contributed by atoms with Gasteiger partial charge < -0.3 is 4.74 Å². The molecule has 28 heavy (non-hydrogen) atoms. The van der Waals surface area contributed by atoms with E-state index in [1.54, 1.807) is 6.07 Å². The van der Waals surface area contributed by atoms with Crippen molar-refractivity contribution < 1.29 is 22.8 Å². The monoisotopic (exact) mass is 458 g/mol. The molecule has 0 saturated heterocycles. The third kappa shape index (κ3) is 5.21. The first-order valence-corrected chi connectivity index (χ1v) is 9.65. The zero-order chi connectivity index (χ0) is 20.3. The van der Waals surface area contributed by atoms with E-state index in [0.29, 0.717) is 22.5 Å². The van der Waals surface area contributed by atoms with Crippen molar-refractivity contribution in [2.45, 2.75) is 44.4 Å². The number of nitrogens with zero attached hydrogens (tertiary/aromatic N) is 2. The van der Waals surface area contributed by atoms with Crippen molar-refractivity contribution >= 4 is 21.6 Å². The maximum Gasteiger partial charge on any atom is 0.423 e. The molecule has 0 N–H and O–H groups in total. The first kappa shape index (κ1) is 20.6. The molecule has 9 heteroatoms. The lowest BCUT2D eigenvalue weighted by Gasteiger charge is -2.28. The highest BCUT2D eigenvalue weighted by molar-refractivity contribution is 9.10. The van der Waals surface area contributed by atoms with Crippen LogP contribution in [0.5, 0.6) is 5.88 Å². The molecule has 0 spiro atoms. The Morgan fingerprint density at radius 2 is 1.89 bits per heavy atom. The maximum atomic E-state index is 13.1. The molecule has 2 aromatic rings. The number of nitro benzene ring substituents is 1. The molecule has 0 radical (unpaired) electrons. The van der Waals surface area contributed by atoms with Crippen LogP contribution in [0.4, 0.5) is 18.9 Å². The van der Waals surface area contributed by atoms with Crippen molar-refractivity contribution in [3.8, 4) is 5.88 Å². The van der Waals surface area contributed by atoms with Crippen LogP contribution in [0.3, 0.4) is 0 Å². The molecular formula is C19H18BrF3N2O3. The molecular weight excluding hydrogens is 441 g/mol. The van der Waals surface area contributed by atoms with Gasteiger partial charge in [-0.25, -0.2) is 4.98 Å². The van der Waals surface area contributed by atoms with Crippen LogP contribution in [-0.4, -0.2) is 16.0 Å². The zero-order valence-corrected chi connectivity index (χ0v) is 16.4. The van der Waals surface area contributed by atoms with Crippen LogP contribution < -0.4 is 4.74 Å². The summed E-state index contributed by atoms with van der Waals surface area (Å²) in [4.78, 5) is 14.1. The Morgan fingerprint density at radius 1 is 1.18 bits per heavy atom. The molecule has 1 heterocycles. The van der Waals surface area contributed by atoms with Crippen LogP contribution in [-0.2, 0) is 12.6 Å². The lowest BCUT2D eigenvalue weighted by Crippen LogP contribution is -2.25. The van der Waals surface area contributed by atoms with Crippen molar-refractivity contribution in [1.82, 2.24) is 4.98 Å². The third-order valence-electron chi connectivity index (χ3n) is 4.86. The van der Waals surface area contributed by atoms with Crippen LogP contribution in [0.15, 0.2) is 41.0 Å². The molecule has 1 aliphatic rings. The Morgan fingerprint density at radius 3 is 2.50 bits per heavy atom. The predicted molar refractivity (Wildman–Crippen MR) is 100 cm³/mol. The topological polar surface area (TPSA) is 65.3 Å². The van der Waals surface area contributed by atoms with Crippen LogP contribution in [0.25, 0.3) is 0 Å². The summed E-state index contributed by atoms with van der Waals surface area (Å²) in [7, 11) is 0. The van der Waals surface area contributed by atoms with Gasteiger partial charge in [-0.3, -0.25) is 10.1 Å². The summed E-state index contributed by atoms with van der Waals surface area (Å²) >= 11 is 3.29. The summed E-state index contributed by atoms with van der Waals surface area (Å²) in [6.45, 7) is 0. The minimum absolute atomic E-state index is 0.0284. The summed E-state index contributed by atoms with van der Waals surface area (Å²) in [6.07, 6.45) is -1.05. The van der Waals surface area contributed by atoms with Crippen LogP contribution in [0.1, 0.15) is 36.8 Å². The fraction of sp³-hybridized carbons (Fsp3) is 0.421. The van der Waals surface area contributed by atoms with Crippen molar-refractivity contribution in [2.75, 3.05) is 0 Å². The van der Waals surface area contributed by atoms with E-state index < -0.39 is 22.4 Å². The maximum absolute atomic E-state index is 13.1. The van der Waals surface area contributed by atoms with Gasteiger partial charge in [-0.2, -0.15) is 13.2 Å². The number of hydrogen-bond acceptors (Lipinski definition) is 4. The van der Waals surface area contributed by atoms with Gasteiger partial charge in [0.1, 0.15) is 16.3 Å². The normalized spacial score (nSPS) is 20.0. The number of benzene rings is 1. The minimum Gasteiger partial charge on any atom is -0.474 e. The second-order valence-corrected chi connectivity index (χ2v) is 7.68. The highest BCUT2D eigenvalue weighted by atomic mass is 79.9. The summed E-state index contributed by atoms with van der Waals surface area (Å²) in [5.41, 5.74) is -1.63. The zero-order valence-electron chi connectivity index (χ0n) is 14.8. The molecule has 0 unspecified atom stereocenters. The number of halogens is 4. The molecule has 1 aromatic carbocycles. The smallest absolute Gasteiger partial charge is 0.423 e. The summed E-state index contributed by atoms with van der Waals surface area (Å²) < 4.78 is 45.9. The van der Waals surface area contributed by atoms with Crippen molar-refractivity contribution in [3.05, 3.63) is 62.2 Å². The number of aromatic nitrogens is 1. The molecule has 1 saturated carbocycles. The average Bonchev–Trinajstić information content (AvgIpc) is 2.62. The van der Waals surface area contributed by atoms with Gasteiger partial charge in [0.25, 0.3) is 5.69 Å². The number of alkyl halides is 3. The number of hydrogen-bond donors (Lipinski definition) is 0. The lowest BCUT2D eigenvalue weighted by molar-refractivity contribution is -0.388. The Labute approximate surface area is 168 Å². The van der Waals surface area contributed by atoms with Gasteiger partial charge in [-0.15, -0.1) is 0 Å². The molecule has 5 nitrogen and oxygen atoms in total. The molecule has 0 aliphatic heterocycles. The van der Waals surface area contributed by atoms with E-state index >= 15 is 0 Å².